The second-order valence-electron chi connectivity index (χ2n) is 8.90. The van der Waals surface area contributed by atoms with Gasteiger partial charge in [0.2, 0.25) is 0 Å². The van der Waals surface area contributed by atoms with Crippen LogP contribution in [0.15, 0.2) is 47.9 Å². The Labute approximate surface area is 237 Å². The molecule has 1 aliphatic carbocycles. The van der Waals surface area contributed by atoms with Gasteiger partial charge in [0.1, 0.15) is 12.4 Å². The minimum atomic E-state index is -3.32. The van der Waals surface area contributed by atoms with Crippen molar-refractivity contribution >= 4 is 11.8 Å². The summed E-state index contributed by atoms with van der Waals surface area (Å²) in [5.74, 6) is 7.17. The SMILES string of the molecule is [2H]C1([2H])C([2H])([2H])C([2H])([2H])C([2H])(Sc2nnc(COc3ccc(C#CCNC4CCN(C)CC4)c(C)c3)n2-c2cccnc2)C1([2H])[2H]. The van der Waals surface area contributed by atoms with E-state index in [2.05, 4.69) is 44.3 Å². The fraction of sp³-hybridized carbons (Fsp3) is 0.483. The topological polar surface area (TPSA) is 68.1 Å². The van der Waals surface area contributed by atoms with E-state index in [-0.39, 0.29) is 29.3 Å². The molecular weight excluding hydrogens is 480 g/mol. The van der Waals surface area contributed by atoms with Crippen molar-refractivity contribution in [3.63, 3.8) is 0 Å². The number of benzene rings is 1. The highest BCUT2D eigenvalue weighted by Gasteiger charge is 2.22. The number of ether oxygens (including phenoxy) is 1. The van der Waals surface area contributed by atoms with Gasteiger partial charge in [-0.05, 0) is 88.5 Å². The summed E-state index contributed by atoms with van der Waals surface area (Å²) < 4.78 is 82.6. The second kappa shape index (κ2) is 12.6. The van der Waals surface area contributed by atoms with Crippen LogP contribution in [-0.4, -0.2) is 62.6 Å². The molecule has 8 heteroatoms. The van der Waals surface area contributed by atoms with Gasteiger partial charge in [-0.25, -0.2) is 0 Å². The number of nitrogens with one attached hydrogen (secondary N) is 1. The average molecular weight is 526 g/mol. The highest BCUT2D eigenvalue weighted by molar-refractivity contribution is 7.99. The minimum absolute atomic E-state index is 0.111. The molecule has 2 fully saturated rings. The van der Waals surface area contributed by atoms with Gasteiger partial charge < -0.3 is 15.0 Å². The molecule has 3 heterocycles. The Hall–Kier alpha value is -2.86. The molecule has 1 aromatic carbocycles. The molecule has 37 heavy (non-hydrogen) atoms. The molecule has 0 amide bonds. The van der Waals surface area contributed by atoms with Gasteiger partial charge in [-0.15, -0.1) is 10.2 Å². The van der Waals surface area contributed by atoms with Gasteiger partial charge in [0, 0.05) is 35.4 Å². The number of pyridine rings is 1. The summed E-state index contributed by atoms with van der Waals surface area (Å²) in [6.07, 6.45) is -7.92. The molecule has 7 nitrogen and oxygen atoms in total. The van der Waals surface area contributed by atoms with E-state index in [0.29, 0.717) is 24.0 Å². The quantitative estimate of drug-likeness (QED) is 0.431. The number of rotatable bonds is 8. The van der Waals surface area contributed by atoms with E-state index in [1.807, 2.05) is 19.1 Å². The number of nitrogens with zero attached hydrogens (tertiary/aromatic N) is 5. The smallest absolute Gasteiger partial charge is 0.196 e. The third-order valence-electron chi connectivity index (χ3n) is 6.20. The summed E-state index contributed by atoms with van der Waals surface area (Å²) in [6, 6.07) is 9.29. The van der Waals surface area contributed by atoms with Crippen molar-refractivity contribution in [1.82, 2.24) is 30.0 Å². The van der Waals surface area contributed by atoms with Gasteiger partial charge >= 0.3 is 0 Å². The first-order valence-electron chi connectivity index (χ1n) is 16.7. The van der Waals surface area contributed by atoms with Crippen molar-refractivity contribution in [2.45, 2.75) is 68.3 Å². The van der Waals surface area contributed by atoms with Gasteiger partial charge in [0.15, 0.2) is 11.0 Å². The second-order valence-corrected chi connectivity index (χ2v) is 9.88. The summed E-state index contributed by atoms with van der Waals surface area (Å²) in [4.78, 5) is 6.44. The maximum Gasteiger partial charge on any atom is 0.196 e. The number of aromatic nitrogens is 4. The zero-order valence-corrected chi connectivity index (χ0v) is 21.7. The standard InChI is InChI=1S/C29H36N6OS/c1-22-19-26(12-11-23(22)7-5-16-31-24-13-17-34(2)18-14-24)36-21-28-32-33-29(37-27-9-3-4-10-27)35(28)25-8-6-15-30-20-25/h6,8,11-12,15,19-20,24,27,31H,3-4,9-10,13-14,16-18,21H2,1-2H3/i3D2,4D2,9D2,10D2,27D. The van der Waals surface area contributed by atoms with Gasteiger partial charge in [-0.3, -0.25) is 9.55 Å². The van der Waals surface area contributed by atoms with Crippen LogP contribution in [0.5, 0.6) is 5.75 Å². The normalized spacial score (nSPS) is 26.9. The van der Waals surface area contributed by atoms with Gasteiger partial charge in [-0.1, -0.05) is 36.3 Å². The van der Waals surface area contributed by atoms with Crippen molar-refractivity contribution < 1.29 is 17.1 Å². The Balaban J connectivity index is 1.34. The van der Waals surface area contributed by atoms with E-state index in [9.17, 15) is 0 Å². The molecule has 0 bridgehead atoms. The predicted octanol–water partition coefficient (Wildman–Crippen LogP) is 4.62. The zero-order chi connectivity index (χ0) is 33.5. The number of piperidine rings is 1. The van der Waals surface area contributed by atoms with Gasteiger partial charge in [-0.2, -0.15) is 0 Å². The number of hydrogen-bond acceptors (Lipinski definition) is 7. The minimum Gasteiger partial charge on any atom is -0.486 e. The lowest BCUT2D eigenvalue weighted by Crippen LogP contribution is -2.40. The lowest BCUT2D eigenvalue weighted by Gasteiger charge is -2.29. The van der Waals surface area contributed by atoms with Crippen molar-refractivity contribution in [3.05, 3.63) is 59.7 Å². The molecule has 0 unspecified atom stereocenters. The summed E-state index contributed by atoms with van der Waals surface area (Å²) in [7, 11) is 2.13. The van der Waals surface area contributed by atoms with Crippen molar-refractivity contribution in [2.24, 2.45) is 0 Å². The number of hydrogen-bond donors (Lipinski definition) is 1. The van der Waals surface area contributed by atoms with Crippen LogP contribution < -0.4 is 10.1 Å². The third-order valence-corrected chi connectivity index (χ3v) is 7.05. The van der Waals surface area contributed by atoms with Crippen LogP contribution in [0.1, 0.15) is 67.6 Å². The van der Waals surface area contributed by atoms with Crippen LogP contribution in [0.2, 0.25) is 0 Å². The largest absolute Gasteiger partial charge is 0.486 e. The molecule has 5 rings (SSSR count). The molecule has 194 valence electrons. The fourth-order valence-corrected chi connectivity index (χ4v) is 4.89. The molecule has 1 aliphatic heterocycles. The highest BCUT2D eigenvalue weighted by Crippen LogP contribution is 2.35. The van der Waals surface area contributed by atoms with Crippen molar-refractivity contribution in [3.8, 4) is 23.3 Å². The number of aryl methyl sites for hydroxylation is 1. The lowest BCUT2D eigenvalue weighted by molar-refractivity contribution is 0.238. The van der Waals surface area contributed by atoms with Gasteiger partial charge in [0.05, 0.1) is 18.4 Å². The van der Waals surface area contributed by atoms with Crippen LogP contribution in [0.25, 0.3) is 5.69 Å². The van der Waals surface area contributed by atoms with E-state index in [1.165, 1.54) is 17.0 Å². The van der Waals surface area contributed by atoms with Crippen LogP contribution in [-0.2, 0) is 6.61 Å². The molecule has 2 aromatic heterocycles. The summed E-state index contributed by atoms with van der Waals surface area (Å²) in [5, 5.41) is 8.66. The Bertz CT molecular complexity index is 1590. The summed E-state index contributed by atoms with van der Waals surface area (Å²) in [6.45, 7) is 4.60. The molecule has 0 atom stereocenters. The van der Waals surface area contributed by atoms with E-state index in [1.54, 1.807) is 18.2 Å². The molecular formula is C29H36N6OS. The van der Waals surface area contributed by atoms with E-state index in [4.69, 9.17) is 17.1 Å². The predicted molar refractivity (Wildman–Crippen MR) is 148 cm³/mol. The van der Waals surface area contributed by atoms with E-state index in [0.717, 1.165) is 37.1 Å². The number of thioether (sulfide) groups is 1. The Morgan fingerprint density at radius 3 is 2.81 bits per heavy atom. The van der Waals surface area contributed by atoms with Crippen LogP contribution in [0, 0.1) is 18.8 Å². The first-order chi connectivity index (χ1) is 21.5. The average Bonchev–Trinajstić information content (AvgIpc) is 3.43. The molecule has 1 saturated heterocycles. The maximum atomic E-state index is 8.89. The van der Waals surface area contributed by atoms with Crippen LogP contribution in [0.3, 0.4) is 0 Å². The molecule has 1 N–H and O–H groups in total. The zero-order valence-electron chi connectivity index (χ0n) is 29.9. The first-order valence-corrected chi connectivity index (χ1v) is 13.0. The monoisotopic (exact) mass is 525 g/mol. The fourth-order valence-electron chi connectivity index (χ4n) is 4.12. The number of likely N-dealkylation sites (tertiary alicyclic amines) is 1. The van der Waals surface area contributed by atoms with E-state index < -0.39 is 30.7 Å². The van der Waals surface area contributed by atoms with E-state index >= 15 is 0 Å². The Morgan fingerprint density at radius 2 is 2.05 bits per heavy atom. The van der Waals surface area contributed by atoms with Crippen molar-refractivity contribution in [1.29, 1.82) is 0 Å². The lowest BCUT2D eigenvalue weighted by atomic mass is 10.1. The Kier molecular flexibility index (Phi) is 5.74. The Morgan fingerprint density at radius 1 is 1.22 bits per heavy atom. The third kappa shape index (κ3) is 6.92. The highest BCUT2D eigenvalue weighted by atomic mass is 32.2. The summed E-state index contributed by atoms with van der Waals surface area (Å²) in [5.41, 5.74) is 2.20. The maximum absolute atomic E-state index is 8.89. The molecule has 0 spiro atoms. The first kappa shape index (κ1) is 16.9. The molecule has 0 radical (unpaired) electrons. The molecule has 3 aromatic rings. The van der Waals surface area contributed by atoms with Gasteiger partial charge in [0.25, 0.3) is 0 Å². The van der Waals surface area contributed by atoms with Crippen LogP contribution >= 0.6 is 11.8 Å². The summed E-state index contributed by atoms with van der Waals surface area (Å²) >= 11 is 0.279. The molecule has 1 saturated carbocycles. The van der Waals surface area contributed by atoms with Crippen molar-refractivity contribution in [2.75, 3.05) is 26.7 Å². The van der Waals surface area contributed by atoms with Crippen LogP contribution in [0.4, 0.5) is 0 Å². The molecule has 2 aliphatic rings.